The van der Waals surface area contributed by atoms with E-state index in [1.165, 1.54) is 12.1 Å². The third-order valence-electron chi connectivity index (χ3n) is 2.70. The summed E-state index contributed by atoms with van der Waals surface area (Å²) in [6.07, 6.45) is -1.33. The van der Waals surface area contributed by atoms with Crippen molar-refractivity contribution in [2.75, 3.05) is 6.67 Å². The Hall–Kier alpha value is -1.90. The van der Waals surface area contributed by atoms with Gasteiger partial charge in [-0.2, -0.15) is 0 Å². The first kappa shape index (κ1) is 20.1. The number of esters is 1. The van der Waals surface area contributed by atoms with Crippen molar-refractivity contribution in [1.29, 1.82) is 0 Å². The van der Waals surface area contributed by atoms with Crippen LogP contribution in [0.3, 0.4) is 0 Å². The zero-order valence-corrected chi connectivity index (χ0v) is 15.1. The molecule has 1 unspecified atom stereocenters. The van der Waals surface area contributed by atoms with Gasteiger partial charge in [-0.3, -0.25) is 0 Å². The smallest absolute Gasteiger partial charge is 0.339 e. The Labute approximate surface area is 143 Å². The molecular formula is C19H25FO4. The number of ether oxygens (including phenoxy) is 2. The fraction of sp³-hybridized carbons (Fsp3) is 0.526. The Morgan fingerprint density at radius 1 is 1.21 bits per heavy atom. The van der Waals surface area contributed by atoms with Crippen molar-refractivity contribution < 1.29 is 23.8 Å². The molecule has 0 heterocycles. The summed E-state index contributed by atoms with van der Waals surface area (Å²) in [5.74, 6) is 4.36. The summed E-state index contributed by atoms with van der Waals surface area (Å²) in [5, 5.41) is 10.4. The predicted molar refractivity (Wildman–Crippen MR) is 90.3 cm³/mol. The van der Waals surface area contributed by atoms with Crippen LogP contribution in [0.5, 0.6) is 0 Å². The number of rotatable bonds is 3. The highest BCUT2D eigenvalue weighted by molar-refractivity contribution is 5.91. The molecule has 0 aromatic heterocycles. The van der Waals surface area contributed by atoms with Crippen LogP contribution in [0.15, 0.2) is 18.2 Å². The molecule has 1 N–H and O–H groups in total. The van der Waals surface area contributed by atoms with E-state index in [1.807, 2.05) is 0 Å². The van der Waals surface area contributed by atoms with Crippen molar-refractivity contribution in [2.45, 2.75) is 59.0 Å². The van der Waals surface area contributed by atoms with Crippen LogP contribution in [-0.4, -0.2) is 29.0 Å². The zero-order chi connectivity index (χ0) is 18.5. The number of aliphatic hydroxyl groups excluding tert-OH is 1. The van der Waals surface area contributed by atoms with E-state index < -0.39 is 30.1 Å². The Bertz CT molecular complexity index is 642. The molecule has 0 radical (unpaired) electrons. The second-order valence-electron chi connectivity index (χ2n) is 7.32. The number of halogens is 1. The van der Waals surface area contributed by atoms with Crippen molar-refractivity contribution >= 4 is 5.97 Å². The first-order valence-electron chi connectivity index (χ1n) is 7.71. The van der Waals surface area contributed by atoms with Crippen molar-refractivity contribution in [1.82, 2.24) is 0 Å². The molecule has 132 valence electrons. The number of benzene rings is 1. The molecular weight excluding hydrogens is 311 g/mol. The van der Waals surface area contributed by atoms with Gasteiger partial charge in [-0.05, 0) is 59.7 Å². The summed E-state index contributed by atoms with van der Waals surface area (Å²) in [6.45, 7) is 9.86. The molecule has 0 amide bonds. The lowest BCUT2D eigenvalue weighted by Gasteiger charge is -2.26. The van der Waals surface area contributed by atoms with Gasteiger partial charge in [-0.25, -0.2) is 9.18 Å². The van der Waals surface area contributed by atoms with E-state index >= 15 is 0 Å². The van der Waals surface area contributed by atoms with Gasteiger partial charge < -0.3 is 14.6 Å². The molecule has 4 nitrogen and oxygen atoms in total. The largest absolute Gasteiger partial charge is 0.456 e. The lowest BCUT2D eigenvalue weighted by atomic mass is 10.0. The molecule has 0 saturated carbocycles. The summed E-state index contributed by atoms with van der Waals surface area (Å²) in [6, 6.07) is 4.59. The molecule has 5 heteroatoms. The van der Waals surface area contributed by atoms with Crippen LogP contribution in [0.25, 0.3) is 0 Å². The summed E-state index contributed by atoms with van der Waals surface area (Å²) >= 11 is 0. The minimum Gasteiger partial charge on any atom is -0.456 e. The topological polar surface area (TPSA) is 55.8 Å². The molecule has 0 saturated heterocycles. The van der Waals surface area contributed by atoms with Crippen LogP contribution in [0, 0.1) is 11.8 Å². The average Bonchev–Trinajstić information content (AvgIpc) is 2.41. The van der Waals surface area contributed by atoms with Crippen molar-refractivity contribution in [3.05, 3.63) is 34.9 Å². The predicted octanol–water partition coefficient (Wildman–Crippen LogP) is 3.77. The number of alkyl halides is 1. The van der Waals surface area contributed by atoms with Crippen LogP contribution in [-0.2, 0) is 9.47 Å². The first-order chi connectivity index (χ1) is 10.9. The maximum absolute atomic E-state index is 12.4. The Morgan fingerprint density at radius 2 is 1.83 bits per heavy atom. The lowest BCUT2D eigenvalue weighted by molar-refractivity contribution is -0.170. The lowest BCUT2D eigenvalue weighted by Crippen LogP contribution is -2.27. The molecule has 0 bridgehead atoms. The van der Waals surface area contributed by atoms with Gasteiger partial charge in [-0.15, -0.1) is 0 Å². The van der Waals surface area contributed by atoms with E-state index in [2.05, 4.69) is 11.8 Å². The van der Waals surface area contributed by atoms with E-state index in [0.29, 0.717) is 5.56 Å². The third-order valence-corrected chi connectivity index (χ3v) is 2.70. The molecule has 1 aromatic rings. The Balaban J connectivity index is 3.29. The van der Waals surface area contributed by atoms with Crippen molar-refractivity contribution in [2.24, 2.45) is 0 Å². The number of hydrogen-bond acceptors (Lipinski definition) is 4. The quantitative estimate of drug-likeness (QED) is 0.519. The Kier molecular flexibility index (Phi) is 6.53. The van der Waals surface area contributed by atoms with Crippen molar-refractivity contribution in [3.63, 3.8) is 0 Å². The van der Waals surface area contributed by atoms with E-state index in [4.69, 9.17) is 9.47 Å². The summed E-state index contributed by atoms with van der Waals surface area (Å²) in [4.78, 5) is 12.4. The van der Waals surface area contributed by atoms with Gasteiger partial charge in [0.2, 0.25) is 0 Å². The van der Waals surface area contributed by atoms with Gasteiger partial charge in [0, 0.05) is 11.1 Å². The SMILES string of the molecule is CC(C)(C)OC(=O)c1ccc(C#CCF)cc1C(O)OC(C)(C)C. The number of carbonyl (C=O) groups is 1. The van der Waals surface area contributed by atoms with Gasteiger partial charge in [0.25, 0.3) is 0 Å². The molecule has 24 heavy (non-hydrogen) atoms. The van der Waals surface area contributed by atoms with Gasteiger partial charge in [0.1, 0.15) is 5.60 Å². The van der Waals surface area contributed by atoms with E-state index in [9.17, 15) is 14.3 Å². The molecule has 0 fully saturated rings. The van der Waals surface area contributed by atoms with Crippen LogP contribution < -0.4 is 0 Å². The summed E-state index contributed by atoms with van der Waals surface area (Å²) in [7, 11) is 0. The molecule has 1 rings (SSSR count). The minimum atomic E-state index is -1.33. The molecule has 0 aliphatic heterocycles. The van der Waals surface area contributed by atoms with Crippen LogP contribution in [0.1, 0.15) is 69.3 Å². The number of carbonyl (C=O) groups excluding carboxylic acids is 1. The summed E-state index contributed by atoms with van der Waals surface area (Å²) < 4.78 is 23.1. The van der Waals surface area contributed by atoms with Crippen LogP contribution in [0.2, 0.25) is 0 Å². The highest BCUT2D eigenvalue weighted by atomic mass is 19.1. The molecule has 1 atom stereocenters. The van der Waals surface area contributed by atoms with Gasteiger partial charge in [0.05, 0.1) is 11.2 Å². The fourth-order valence-electron chi connectivity index (χ4n) is 1.90. The maximum atomic E-state index is 12.4. The van der Waals surface area contributed by atoms with Gasteiger partial charge in [-0.1, -0.05) is 11.8 Å². The van der Waals surface area contributed by atoms with E-state index in [0.717, 1.165) is 0 Å². The highest BCUT2D eigenvalue weighted by Crippen LogP contribution is 2.27. The third kappa shape index (κ3) is 6.69. The highest BCUT2D eigenvalue weighted by Gasteiger charge is 2.26. The van der Waals surface area contributed by atoms with Gasteiger partial charge >= 0.3 is 5.97 Å². The molecule has 0 aliphatic carbocycles. The van der Waals surface area contributed by atoms with E-state index in [1.54, 1.807) is 47.6 Å². The monoisotopic (exact) mass is 336 g/mol. The minimum absolute atomic E-state index is 0.187. The number of aliphatic hydroxyl groups is 1. The van der Waals surface area contributed by atoms with Crippen LogP contribution >= 0.6 is 0 Å². The summed E-state index contributed by atoms with van der Waals surface area (Å²) in [5.41, 5.74) is -0.383. The van der Waals surface area contributed by atoms with Crippen molar-refractivity contribution in [3.8, 4) is 11.8 Å². The zero-order valence-electron chi connectivity index (χ0n) is 15.1. The molecule has 1 aromatic carbocycles. The van der Waals surface area contributed by atoms with E-state index in [-0.39, 0.29) is 11.1 Å². The van der Waals surface area contributed by atoms with Gasteiger partial charge in [0.15, 0.2) is 13.0 Å². The average molecular weight is 336 g/mol. The fourth-order valence-corrected chi connectivity index (χ4v) is 1.90. The normalized spacial score (nSPS) is 13.0. The number of hydrogen-bond donors (Lipinski definition) is 1. The van der Waals surface area contributed by atoms with Crippen LogP contribution in [0.4, 0.5) is 4.39 Å². The molecule has 0 spiro atoms. The second-order valence-corrected chi connectivity index (χ2v) is 7.32. The maximum Gasteiger partial charge on any atom is 0.339 e. The first-order valence-corrected chi connectivity index (χ1v) is 7.71. The molecule has 0 aliphatic rings. The second kappa shape index (κ2) is 7.78. The Morgan fingerprint density at radius 3 is 2.33 bits per heavy atom. The standard InChI is InChI=1S/C19H25FO4/c1-18(2,3)23-16(21)14-10-9-13(8-7-11-20)12-15(14)17(22)24-19(4,5)6/h9-10,12,17,22H,11H2,1-6H3.